The normalized spacial score (nSPS) is 15.6. The average Bonchev–Trinajstić information content (AvgIpc) is 2.96. The lowest BCUT2D eigenvalue weighted by molar-refractivity contribution is 0.111. The number of nitrogens with two attached hydrogens (primary N) is 1. The molecule has 2 N–H and O–H groups in total. The molecule has 0 unspecified atom stereocenters. The van der Waals surface area contributed by atoms with Gasteiger partial charge in [-0.15, -0.1) is 10.2 Å². The quantitative estimate of drug-likeness (QED) is 0.291. The van der Waals surface area contributed by atoms with E-state index in [-0.39, 0.29) is 10.9 Å². The summed E-state index contributed by atoms with van der Waals surface area (Å²) >= 11 is 12.2. The predicted molar refractivity (Wildman–Crippen MR) is 160 cm³/mol. The minimum atomic E-state index is -3.78. The Morgan fingerprint density at radius 1 is 0.800 bits per heavy atom. The van der Waals surface area contributed by atoms with Gasteiger partial charge in [-0.1, -0.05) is 65.7 Å². The first-order chi connectivity index (χ1) is 19.3. The van der Waals surface area contributed by atoms with Gasteiger partial charge in [0.1, 0.15) is 0 Å². The van der Waals surface area contributed by atoms with Gasteiger partial charge >= 0.3 is 0 Å². The summed E-state index contributed by atoms with van der Waals surface area (Å²) in [5.41, 5.74) is 3.27. The second kappa shape index (κ2) is 12.6. The number of hydrogen-bond donors (Lipinski definition) is 1. The van der Waals surface area contributed by atoms with Gasteiger partial charge < -0.3 is 4.90 Å². The number of hydrogen-bond acceptors (Lipinski definition) is 7. The molecule has 0 amide bonds. The molecule has 1 aliphatic rings. The molecule has 4 aromatic rings. The molecule has 0 saturated carbocycles. The van der Waals surface area contributed by atoms with E-state index in [9.17, 15) is 8.42 Å². The average molecular weight is 598 g/mol. The summed E-state index contributed by atoms with van der Waals surface area (Å²) in [5, 5.41) is 14.6. The number of rotatable bonds is 9. The van der Waals surface area contributed by atoms with Crippen LogP contribution in [-0.4, -0.2) is 67.7 Å². The molecular formula is C29H30Cl2N6O2S. The van der Waals surface area contributed by atoms with E-state index in [0.717, 1.165) is 43.4 Å². The fourth-order valence-electron chi connectivity index (χ4n) is 5.03. The molecule has 0 aliphatic carbocycles. The number of primary sulfonamides is 1. The van der Waals surface area contributed by atoms with Crippen molar-refractivity contribution in [3.8, 4) is 0 Å². The number of anilines is 2. The highest BCUT2D eigenvalue weighted by Crippen LogP contribution is 2.31. The van der Waals surface area contributed by atoms with E-state index in [1.807, 2.05) is 23.1 Å². The largest absolute Gasteiger partial charge is 0.324 e. The maximum Gasteiger partial charge on any atom is 0.238 e. The molecule has 3 aromatic carbocycles. The van der Waals surface area contributed by atoms with Crippen LogP contribution in [0.1, 0.15) is 17.2 Å². The van der Waals surface area contributed by atoms with E-state index in [2.05, 4.69) is 56.4 Å². The van der Waals surface area contributed by atoms with Crippen molar-refractivity contribution in [3.63, 3.8) is 0 Å². The first-order valence-electron chi connectivity index (χ1n) is 12.9. The van der Waals surface area contributed by atoms with Gasteiger partial charge in [-0.3, -0.25) is 9.80 Å². The molecule has 0 bridgehead atoms. The second-order valence-corrected chi connectivity index (χ2v) is 12.0. The Kier molecular flexibility index (Phi) is 9.00. The van der Waals surface area contributed by atoms with Gasteiger partial charge in [0, 0.05) is 50.0 Å². The summed E-state index contributed by atoms with van der Waals surface area (Å²) in [4.78, 5) is 7.00. The first kappa shape index (κ1) is 28.5. The third-order valence-corrected chi connectivity index (χ3v) is 8.47. The Morgan fingerprint density at radius 2 is 1.45 bits per heavy atom. The number of aromatic nitrogens is 2. The van der Waals surface area contributed by atoms with Gasteiger partial charge in [-0.05, 0) is 59.7 Å². The highest BCUT2D eigenvalue weighted by molar-refractivity contribution is 7.89. The zero-order valence-corrected chi connectivity index (χ0v) is 24.1. The molecule has 208 valence electrons. The third kappa shape index (κ3) is 6.98. The zero-order chi connectivity index (χ0) is 28.1. The topological polar surface area (TPSA) is 95.7 Å². The fraction of sp³-hybridized carbons (Fsp3) is 0.241. The Morgan fingerprint density at radius 3 is 2.05 bits per heavy atom. The van der Waals surface area contributed by atoms with Gasteiger partial charge in [0.15, 0.2) is 11.0 Å². The predicted octanol–water partition coefficient (Wildman–Crippen LogP) is 4.98. The van der Waals surface area contributed by atoms with Crippen LogP contribution in [0.3, 0.4) is 0 Å². The summed E-state index contributed by atoms with van der Waals surface area (Å²) in [7, 11) is -3.78. The lowest BCUT2D eigenvalue weighted by Gasteiger charge is -2.40. The summed E-state index contributed by atoms with van der Waals surface area (Å²) in [6.45, 7) is 5.04. The van der Waals surface area contributed by atoms with Crippen LogP contribution in [0.25, 0.3) is 0 Å². The maximum absolute atomic E-state index is 11.7. The highest BCUT2D eigenvalue weighted by Gasteiger charge is 2.27. The summed E-state index contributed by atoms with van der Waals surface area (Å²) < 4.78 is 23.5. The summed E-state index contributed by atoms with van der Waals surface area (Å²) in [6.07, 6.45) is 0. The van der Waals surface area contributed by atoms with Gasteiger partial charge in [0.05, 0.1) is 10.9 Å². The smallest absolute Gasteiger partial charge is 0.238 e. The van der Waals surface area contributed by atoms with Gasteiger partial charge in [-0.2, -0.15) is 0 Å². The summed E-state index contributed by atoms with van der Waals surface area (Å²) in [6, 6.07) is 28.8. The molecule has 1 aliphatic heterocycles. The van der Waals surface area contributed by atoms with Crippen LogP contribution >= 0.6 is 23.2 Å². The van der Waals surface area contributed by atoms with Crippen molar-refractivity contribution in [2.75, 3.05) is 44.2 Å². The van der Waals surface area contributed by atoms with Crippen LogP contribution in [0.4, 0.5) is 11.5 Å². The Balaban J connectivity index is 1.29. The molecule has 0 spiro atoms. The van der Waals surface area contributed by atoms with E-state index in [1.165, 1.54) is 23.3 Å². The standard InChI is InChI=1S/C29H30Cl2N6O2S/c30-24-8-6-23(7-9-24)29(22-4-2-1-3-5-22)36-19-16-35(17-20-36)18-21-37(28-15-14-27(31)33-34-28)25-10-12-26(13-11-25)40(32,38)39/h1-15,29H,16-21H2,(H2,32,38,39)/t29-/m1/s1. The van der Waals surface area contributed by atoms with Crippen molar-refractivity contribution in [1.29, 1.82) is 0 Å². The molecule has 1 saturated heterocycles. The van der Waals surface area contributed by atoms with Crippen molar-refractivity contribution < 1.29 is 8.42 Å². The second-order valence-electron chi connectivity index (χ2n) is 9.65. The van der Waals surface area contributed by atoms with Crippen LogP contribution in [0.5, 0.6) is 0 Å². The van der Waals surface area contributed by atoms with E-state index >= 15 is 0 Å². The molecular weight excluding hydrogens is 567 g/mol. The Bertz CT molecular complexity index is 1500. The SMILES string of the molecule is NS(=O)(=O)c1ccc(N(CCN2CCN([C@H](c3ccccc3)c3ccc(Cl)cc3)CC2)c2ccc(Cl)nn2)cc1. The van der Waals surface area contributed by atoms with E-state index in [0.29, 0.717) is 17.5 Å². The fourth-order valence-corrected chi connectivity index (χ4v) is 5.77. The minimum Gasteiger partial charge on any atom is -0.324 e. The molecule has 1 fully saturated rings. The van der Waals surface area contributed by atoms with Crippen molar-refractivity contribution in [2.45, 2.75) is 10.9 Å². The molecule has 5 rings (SSSR count). The Hall–Kier alpha value is -3.05. The van der Waals surface area contributed by atoms with Crippen LogP contribution in [0, 0.1) is 0 Å². The molecule has 2 heterocycles. The van der Waals surface area contributed by atoms with E-state index in [4.69, 9.17) is 28.3 Å². The number of nitrogens with zero attached hydrogens (tertiary/aromatic N) is 5. The van der Waals surface area contributed by atoms with Crippen molar-refractivity contribution >= 4 is 44.7 Å². The molecule has 0 radical (unpaired) electrons. The first-order valence-corrected chi connectivity index (χ1v) is 15.2. The van der Waals surface area contributed by atoms with Gasteiger partial charge in [-0.25, -0.2) is 13.6 Å². The van der Waals surface area contributed by atoms with Crippen LogP contribution in [0.2, 0.25) is 10.2 Å². The van der Waals surface area contributed by atoms with Gasteiger partial charge in [0.25, 0.3) is 0 Å². The highest BCUT2D eigenvalue weighted by atomic mass is 35.5. The third-order valence-electron chi connectivity index (χ3n) is 7.08. The lowest BCUT2D eigenvalue weighted by atomic mass is 9.96. The van der Waals surface area contributed by atoms with E-state index < -0.39 is 10.0 Å². The summed E-state index contributed by atoms with van der Waals surface area (Å²) in [5.74, 6) is 0.623. The molecule has 1 atom stereocenters. The molecule has 40 heavy (non-hydrogen) atoms. The van der Waals surface area contributed by atoms with Crippen molar-refractivity contribution in [3.05, 3.63) is 112 Å². The molecule has 1 aromatic heterocycles. The van der Waals surface area contributed by atoms with Crippen LogP contribution in [0.15, 0.2) is 95.9 Å². The Labute approximate surface area is 245 Å². The van der Waals surface area contributed by atoms with Crippen LogP contribution < -0.4 is 10.0 Å². The van der Waals surface area contributed by atoms with Crippen LogP contribution in [-0.2, 0) is 10.0 Å². The molecule has 8 nitrogen and oxygen atoms in total. The van der Waals surface area contributed by atoms with E-state index in [1.54, 1.807) is 24.3 Å². The van der Waals surface area contributed by atoms with Gasteiger partial charge in [0.2, 0.25) is 10.0 Å². The molecule has 11 heteroatoms. The number of halogens is 2. The lowest BCUT2D eigenvalue weighted by Crippen LogP contribution is -2.49. The number of sulfonamides is 1. The zero-order valence-electron chi connectivity index (χ0n) is 21.8. The van der Waals surface area contributed by atoms with Crippen molar-refractivity contribution in [1.82, 2.24) is 20.0 Å². The minimum absolute atomic E-state index is 0.0585. The monoisotopic (exact) mass is 596 g/mol. The number of piperazine rings is 1. The maximum atomic E-state index is 11.7. The number of benzene rings is 3. The van der Waals surface area contributed by atoms with Crippen molar-refractivity contribution in [2.24, 2.45) is 5.14 Å².